The Morgan fingerprint density at radius 3 is 2.65 bits per heavy atom. The van der Waals surface area contributed by atoms with E-state index in [4.69, 9.17) is 4.98 Å². The van der Waals surface area contributed by atoms with Gasteiger partial charge in [0.2, 0.25) is 0 Å². The monoisotopic (exact) mass is 458 g/mol. The molecule has 0 spiro atoms. The molecule has 4 aromatic rings. The number of unbranched alkanes of at least 4 members (excludes halogenated alkanes) is 1. The number of fused-ring (bicyclic) bond motifs is 2. The number of imidazole rings is 1. The molecule has 0 aliphatic carbocycles. The Morgan fingerprint density at radius 2 is 1.90 bits per heavy atom. The van der Waals surface area contributed by atoms with Crippen molar-refractivity contribution in [2.45, 2.75) is 70.8 Å². The Labute approximate surface area is 187 Å². The first-order valence-electron chi connectivity index (χ1n) is 10.5. The number of nitrogens with one attached hydrogen (secondary N) is 1. The van der Waals surface area contributed by atoms with Crippen molar-refractivity contribution in [2.75, 3.05) is 0 Å². The minimum absolute atomic E-state index is 0.376. The van der Waals surface area contributed by atoms with Crippen molar-refractivity contribution in [2.24, 2.45) is 0 Å². The van der Waals surface area contributed by atoms with Crippen LogP contribution in [-0.4, -0.2) is 29.1 Å². The fourth-order valence-electron chi connectivity index (χ4n) is 3.71. The molecule has 0 amide bonds. The summed E-state index contributed by atoms with van der Waals surface area (Å²) >= 11 is 3.27. The van der Waals surface area contributed by atoms with E-state index in [1.165, 1.54) is 10.4 Å². The summed E-state index contributed by atoms with van der Waals surface area (Å²) in [5, 5.41) is 2.00. The molecule has 0 saturated heterocycles. The number of thioether (sulfide) groups is 1. The van der Waals surface area contributed by atoms with Gasteiger partial charge in [0.25, 0.3) is 5.56 Å². The molecule has 164 valence electrons. The summed E-state index contributed by atoms with van der Waals surface area (Å²) in [6, 6.07) is 0. The highest BCUT2D eigenvalue weighted by Crippen LogP contribution is 2.35. The predicted octanol–water partition coefficient (Wildman–Crippen LogP) is 4.01. The van der Waals surface area contributed by atoms with Crippen LogP contribution in [0.2, 0.25) is 0 Å². The molecule has 31 heavy (non-hydrogen) atoms. The van der Waals surface area contributed by atoms with Crippen molar-refractivity contribution in [3.8, 4) is 0 Å². The fraction of sp³-hybridized carbons (Fsp3) is 0.476. The first-order valence-corrected chi connectivity index (χ1v) is 12.3. The lowest BCUT2D eigenvalue weighted by molar-refractivity contribution is 0.612. The highest BCUT2D eigenvalue weighted by Gasteiger charge is 2.19. The van der Waals surface area contributed by atoms with Gasteiger partial charge in [-0.15, -0.1) is 11.3 Å². The van der Waals surface area contributed by atoms with Gasteiger partial charge >= 0.3 is 5.69 Å². The molecule has 0 atom stereocenters. The average Bonchev–Trinajstić information content (AvgIpc) is 3.24. The average molecular weight is 459 g/mol. The van der Waals surface area contributed by atoms with Gasteiger partial charge in [0.15, 0.2) is 11.2 Å². The van der Waals surface area contributed by atoms with Crippen LogP contribution in [0.3, 0.4) is 0 Å². The van der Waals surface area contributed by atoms with Crippen molar-refractivity contribution in [1.29, 1.82) is 0 Å². The van der Waals surface area contributed by atoms with Crippen LogP contribution in [0, 0.1) is 13.8 Å². The van der Waals surface area contributed by atoms with Gasteiger partial charge in [-0.1, -0.05) is 32.0 Å². The summed E-state index contributed by atoms with van der Waals surface area (Å²) in [5.74, 6) is 1.33. The third-order valence-electron chi connectivity index (χ3n) is 5.42. The standard InChI is InChI=1S/C21H26N6O2S2/c1-5-7-9-27-17-16(18(28)25-21(27)29)26(8-6-2)14(24-17)10-30-19-15-12(3)13(4)31-20(15)23-11-22-19/h11H,5-10H2,1-4H3,(H,25,28,29). The number of aromatic amines is 1. The minimum atomic E-state index is -0.395. The van der Waals surface area contributed by atoms with E-state index in [2.05, 4.69) is 42.6 Å². The van der Waals surface area contributed by atoms with Crippen LogP contribution in [0.1, 0.15) is 49.4 Å². The molecular weight excluding hydrogens is 432 g/mol. The molecule has 0 unspecified atom stereocenters. The Morgan fingerprint density at radius 1 is 1.10 bits per heavy atom. The third kappa shape index (κ3) is 3.94. The normalized spacial score (nSPS) is 11.7. The molecule has 4 rings (SSSR count). The summed E-state index contributed by atoms with van der Waals surface area (Å²) < 4.78 is 3.54. The number of aromatic nitrogens is 6. The molecule has 0 aromatic carbocycles. The van der Waals surface area contributed by atoms with Crippen LogP contribution in [0.15, 0.2) is 20.9 Å². The van der Waals surface area contributed by atoms with Gasteiger partial charge < -0.3 is 4.57 Å². The van der Waals surface area contributed by atoms with E-state index in [1.54, 1.807) is 34.0 Å². The summed E-state index contributed by atoms with van der Waals surface area (Å²) in [5.41, 5.74) is 1.38. The zero-order chi connectivity index (χ0) is 22.1. The van der Waals surface area contributed by atoms with Crippen molar-refractivity contribution in [3.63, 3.8) is 0 Å². The summed E-state index contributed by atoms with van der Waals surface area (Å²) in [4.78, 5) is 43.5. The van der Waals surface area contributed by atoms with Crippen LogP contribution in [0.4, 0.5) is 0 Å². The Hall–Kier alpha value is -2.46. The van der Waals surface area contributed by atoms with Gasteiger partial charge in [-0.2, -0.15) is 0 Å². The van der Waals surface area contributed by atoms with E-state index in [-0.39, 0.29) is 5.56 Å². The van der Waals surface area contributed by atoms with Crippen LogP contribution in [0.5, 0.6) is 0 Å². The van der Waals surface area contributed by atoms with Crippen LogP contribution in [0.25, 0.3) is 21.4 Å². The largest absolute Gasteiger partial charge is 0.330 e. The molecule has 0 aliphatic heterocycles. The zero-order valence-corrected chi connectivity index (χ0v) is 19.8. The van der Waals surface area contributed by atoms with E-state index < -0.39 is 5.69 Å². The summed E-state index contributed by atoms with van der Waals surface area (Å²) in [6.07, 6.45) is 4.26. The number of hydrogen-bond acceptors (Lipinski definition) is 7. The molecule has 10 heteroatoms. The van der Waals surface area contributed by atoms with Gasteiger partial charge in [-0.25, -0.2) is 19.7 Å². The number of aryl methyl sites for hydroxylation is 4. The molecule has 0 radical (unpaired) electrons. The maximum Gasteiger partial charge on any atom is 0.330 e. The second-order valence-corrected chi connectivity index (χ2v) is 9.71. The summed E-state index contributed by atoms with van der Waals surface area (Å²) in [7, 11) is 0. The number of rotatable bonds is 8. The number of hydrogen-bond donors (Lipinski definition) is 1. The van der Waals surface area contributed by atoms with Crippen molar-refractivity contribution < 1.29 is 0 Å². The smallest absolute Gasteiger partial charge is 0.321 e. The molecule has 0 bridgehead atoms. The third-order valence-corrected chi connectivity index (χ3v) is 7.52. The van der Waals surface area contributed by atoms with Gasteiger partial charge in [0, 0.05) is 23.4 Å². The van der Waals surface area contributed by atoms with E-state index in [1.807, 2.05) is 4.57 Å². The van der Waals surface area contributed by atoms with E-state index >= 15 is 0 Å². The summed E-state index contributed by atoms with van der Waals surface area (Å²) in [6.45, 7) is 9.53. The topological polar surface area (TPSA) is 98.5 Å². The molecule has 4 heterocycles. The molecule has 0 aliphatic rings. The van der Waals surface area contributed by atoms with E-state index in [0.717, 1.165) is 40.3 Å². The molecule has 1 N–H and O–H groups in total. The molecule has 8 nitrogen and oxygen atoms in total. The van der Waals surface area contributed by atoms with E-state index in [9.17, 15) is 9.59 Å². The minimum Gasteiger partial charge on any atom is -0.321 e. The van der Waals surface area contributed by atoms with Crippen LogP contribution in [-0.2, 0) is 18.8 Å². The SMILES string of the molecule is CCCCn1c(=O)[nH]c(=O)c2c1nc(CSc1ncnc3sc(C)c(C)c13)n2CCC. The Kier molecular flexibility index (Phi) is 6.29. The first kappa shape index (κ1) is 21.8. The highest BCUT2D eigenvalue weighted by molar-refractivity contribution is 7.98. The van der Waals surface area contributed by atoms with Crippen LogP contribution < -0.4 is 11.2 Å². The molecule has 0 fully saturated rings. The first-order chi connectivity index (χ1) is 15.0. The quantitative estimate of drug-likeness (QED) is 0.316. The number of H-pyrrole nitrogens is 1. The zero-order valence-electron chi connectivity index (χ0n) is 18.2. The second-order valence-electron chi connectivity index (χ2n) is 7.55. The number of thiophene rings is 1. The lowest BCUT2D eigenvalue weighted by Crippen LogP contribution is -2.31. The number of nitrogens with zero attached hydrogens (tertiary/aromatic N) is 5. The second kappa shape index (κ2) is 8.96. The maximum absolute atomic E-state index is 12.7. The molecule has 0 saturated carbocycles. The molecule has 4 aromatic heterocycles. The maximum atomic E-state index is 12.7. The van der Waals surface area contributed by atoms with Gasteiger partial charge in [0.05, 0.1) is 5.75 Å². The van der Waals surface area contributed by atoms with E-state index in [0.29, 0.717) is 30.0 Å². The molecular formula is C21H26N6O2S2. The van der Waals surface area contributed by atoms with Crippen LogP contribution >= 0.6 is 23.1 Å². The van der Waals surface area contributed by atoms with Crippen molar-refractivity contribution >= 4 is 44.5 Å². The Balaban J connectivity index is 1.79. The lowest BCUT2D eigenvalue weighted by Gasteiger charge is -2.08. The van der Waals surface area contributed by atoms with Gasteiger partial charge in [0.1, 0.15) is 22.0 Å². The van der Waals surface area contributed by atoms with Crippen molar-refractivity contribution in [3.05, 3.63) is 43.4 Å². The fourth-order valence-corrected chi connectivity index (χ4v) is 5.77. The van der Waals surface area contributed by atoms with Gasteiger partial charge in [-0.3, -0.25) is 14.3 Å². The van der Waals surface area contributed by atoms with Crippen molar-refractivity contribution in [1.82, 2.24) is 29.1 Å². The lowest BCUT2D eigenvalue weighted by atomic mass is 10.2. The highest BCUT2D eigenvalue weighted by atomic mass is 32.2. The predicted molar refractivity (Wildman–Crippen MR) is 126 cm³/mol. The Bertz CT molecular complexity index is 1360. The van der Waals surface area contributed by atoms with Gasteiger partial charge in [-0.05, 0) is 32.3 Å².